The molecule has 0 radical (unpaired) electrons. The molecule has 0 aliphatic rings. The van der Waals surface area contributed by atoms with Gasteiger partial charge in [0, 0.05) is 13.2 Å². The molecule has 6 nitrogen and oxygen atoms in total. The summed E-state index contributed by atoms with van der Waals surface area (Å²) in [5, 5.41) is 17.7. The highest BCUT2D eigenvalue weighted by Crippen LogP contribution is 2.15. The molecule has 2 aromatic carbocycles. The minimum absolute atomic E-state index is 0.0299. The number of aliphatic hydroxyl groups excluding tert-OH is 2. The third-order valence-corrected chi connectivity index (χ3v) is 3.01. The van der Waals surface area contributed by atoms with Crippen molar-refractivity contribution in [1.82, 2.24) is 0 Å². The molecule has 0 amide bonds. The lowest BCUT2D eigenvalue weighted by Gasteiger charge is -1.99. The van der Waals surface area contributed by atoms with E-state index >= 15 is 0 Å². The average molecular weight is 304 g/mol. The highest BCUT2D eigenvalue weighted by atomic mass is 17.0. The van der Waals surface area contributed by atoms with Crippen LogP contribution in [0, 0.1) is 4.91 Å². The number of benzene rings is 2. The van der Waals surface area contributed by atoms with Gasteiger partial charge in [-0.3, -0.25) is 0 Å². The lowest BCUT2D eigenvalue weighted by atomic mass is 10.1. The van der Waals surface area contributed by atoms with Crippen molar-refractivity contribution < 1.29 is 25.0 Å². The van der Waals surface area contributed by atoms with E-state index < -0.39 is 0 Å². The van der Waals surface area contributed by atoms with E-state index in [2.05, 4.69) is 0 Å². The van der Waals surface area contributed by atoms with Gasteiger partial charge in [0.1, 0.15) is 4.91 Å². The normalized spacial score (nSPS) is 10.3. The Morgan fingerprint density at radius 2 is 1.09 bits per heavy atom. The zero-order valence-electron chi connectivity index (χ0n) is 12.0. The molecule has 22 heavy (non-hydrogen) atoms. The van der Waals surface area contributed by atoms with Crippen LogP contribution in [0.1, 0.15) is 11.1 Å². The van der Waals surface area contributed by atoms with Crippen molar-refractivity contribution in [3.05, 3.63) is 64.6 Å². The van der Waals surface area contributed by atoms with Gasteiger partial charge in [0.2, 0.25) is 11.5 Å². The number of rotatable bonds is 8. The summed E-state index contributed by atoms with van der Waals surface area (Å²) >= 11 is 0. The zero-order chi connectivity index (χ0) is 15.8. The van der Waals surface area contributed by atoms with Crippen molar-refractivity contribution in [2.45, 2.75) is 12.8 Å². The lowest BCUT2D eigenvalue weighted by molar-refractivity contribution is -0.920. The Balaban J connectivity index is 1.89. The second kappa shape index (κ2) is 8.11. The van der Waals surface area contributed by atoms with Crippen LogP contribution in [-0.2, 0) is 12.8 Å². The van der Waals surface area contributed by atoms with Crippen LogP contribution in [0.5, 0.6) is 11.5 Å². The standard InChI is InChI=1S/C16H18NO5/c18-11-9-13-1-5-15(6-2-13)21-17(20)22-16-7-3-14(4-8-16)10-12-19/h1-8,18-19H,9-12H2/q+1. The molecule has 0 unspecified atom stereocenters. The molecule has 0 aliphatic carbocycles. The van der Waals surface area contributed by atoms with Gasteiger partial charge >= 0.3 is 5.09 Å². The molecular weight excluding hydrogens is 286 g/mol. The fourth-order valence-corrected chi connectivity index (χ4v) is 1.88. The summed E-state index contributed by atoms with van der Waals surface area (Å²) in [5.74, 6) is 0.683. The molecule has 0 aliphatic heterocycles. The third kappa shape index (κ3) is 4.83. The first-order chi connectivity index (χ1) is 10.7. The topological polar surface area (TPSA) is 79.0 Å². The average Bonchev–Trinajstić information content (AvgIpc) is 2.52. The van der Waals surface area contributed by atoms with Gasteiger partial charge in [-0.1, -0.05) is 24.3 Å². The fraction of sp³-hybridized carbons (Fsp3) is 0.250. The molecule has 0 heterocycles. The lowest BCUT2D eigenvalue weighted by Crippen LogP contribution is -2.17. The van der Waals surface area contributed by atoms with Crippen molar-refractivity contribution in [2.75, 3.05) is 13.2 Å². The molecule has 116 valence electrons. The van der Waals surface area contributed by atoms with Crippen LogP contribution in [0.15, 0.2) is 48.5 Å². The van der Waals surface area contributed by atoms with Crippen molar-refractivity contribution >= 4 is 0 Å². The van der Waals surface area contributed by atoms with Crippen molar-refractivity contribution in [3.8, 4) is 11.5 Å². The van der Waals surface area contributed by atoms with Gasteiger partial charge in [-0.15, -0.1) is 9.68 Å². The maximum absolute atomic E-state index is 11.6. The smallest absolute Gasteiger partial charge is 0.396 e. The summed E-state index contributed by atoms with van der Waals surface area (Å²) in [6.45, 7) is 0.145. The van der Waals surface area contributed by atoms with Gasteiger partial charge in [0.15, 0.2) is 0 Å². The minimum atomic E-state index is 0.0299. The Morgan fingerprint density at radius 1 is 0.727 bits per heavy atom. The molecule has 0 aromatic heterocycles. The zero-order valence-corrected chi connectivity index (χ0v) is 12.0. The van der Waals surface area contributed by atoms with Gasteiger partial charge in [-0.25, -0.2) is 0 Å². The van der Waals surface area contributed by atoms with E-state index in [1.54, 1.807) is 48.5 Å². The molecule has 2 aromatic rings. The Labute approximate surface area is 128 Å². The predicted molar refractivity (Wildman–Crippen MR) is 79.3 cm³/mol. The van der Waals surface area contributed by atoms with E-state index in [4.69, 9.17) is 19.9 Å². The van der Waals surface area contributed by atoms with Crippen LogP contribution in [0.25, 0.3) is 0 Å². The third-order valence-electron chi connectivity index (χ3n) is 3.01. The van der Waals surface area contributed by atoms with E-state index in [9.17, 15) is 4.91 Å². The SMILES string of the molecule is O=[N+](Oc1ccc(CCO)cc1)Oc1ccc(CCO)cc1. The Bertz CT molecular complexity index is 541. The van der Waals surface area contributed by atoms with Crippen LogP contribution in [0.4, 0.5) is 0 Å². The largest absolute Gasteiger partial charge is 0.489 e. The highest BCUT2D eigenvalue weighted by Gasteiger charge is 2.16. The van der Waals surface area contributed by atoms with Gasteiger partial charge in [-0.05, 0) is 48.2 Å². The predicted octanol–water partition coefficient (Wildman–Crippen LogP) is 1.82. The summed E-state index contributed by atoms with van der Waals surface area (Å²) < 4.78 is 0. The van der Waals surface area contributed by atoms with E-state index in [1.807, 2.05) is 0 Å². The van der Waals surface area contributed by atoms with Gasteiger partial charge in [0.05, 0.1) is 0 Å². The molecular formula is C16H18NO5+. The Kier molecular flexibility index (Phi) is 5.88. The van der Waals surface area contributed by atoms with E-state index in [0.717, 1.165) is 11.1 Å². The van der Waals surface area contributed by atoms with Crippen molar-refractivity contribution in [3.63, 3.8) is 0 Å². The minimum Gasteiger partial charge on any atom is -0.396 e. The van der Waals surface area contributed by atoms with E-state index in [1.165, 1.54) is 0 Å². The summed E-state index contributed by atoms with van der Waals surface area (Å²) in [4.78, 5) is 21.6. The highest BCUT2D eigenvalue weighted by molar-refractivity contribution is 5.27. The number of nitrogens with zero attached hydrogens (tertiary/aromatic N) is 1. The maximum Gasteiger partial charge on any atom is 0.489 e. The maximum atomic E-state index is 11.6. The van der Waals surface area contributed by atoms with Gasteiger partial charge in [0.25, 0.3) is 0 Å². The summed E-state index contributed by atoms with van der Waals surface area (Å²) in [7, 11) is 0. The van der Waals surface area contributed by atoms with Crippen molar-refractivity contribution in [2.24, 2.45) is 0 Å². The summed E-state index contributed by atoms with van der Waals surface area (Å²) in [6.07, 6.45) is 1.11. The van der Waals surface area contributed by atoms with Gasteiger partial charge in [-0.2, -0.15) is 0 Å². The van der Waals surface area contributed by atoms with Crippen LogP contribution < -0.4 is 9.68 Å². The van der Waals surface area contributed by atoms with Crippen LogP contribution in [-0.4, -0.2) is 28.5 Å². The molecule has 2 rings (SSSR count). The van der Waals surface area contributed by atoms with Crippen LogP contribution in [0.2, 0.25) is 0 Å². The first-order valence-corrected chi connectivity index (χ1v) is 6.94. The van der Waals surface area contributed by atoms with Crippen molar-refractivity contribution in [1.29, 1.82) is 0 Å². The summed E-state index contributed by atoms with van der Waals surface area (Å²) in [6, 6.07) is 13.6. The van der Waals surface area contributed by atoms with Crippen LogP contribution in [0.3, 0.4) is 0 Å². The quantitative estimate of drug-likeness (QED) is 0.727. The number of aliphatic hydroxyl groups is 2. The molecule has 0 fully saturated rings. The molecule has 2 N–H and O–H groups in total. The fourth-order valence-electron chi connectivity index (χ4n) is 1.88. The molecule has 6 heteroatoms. The number of hydrogen-bond donors (Lipinski definition) is 2. The Hall–Kier alpha value is -2.44. The molecule has 0 spiro atoms. The first-order valence-electron chi connectivity index (χ1n) is 6.94. The second-order valence-corrected chi connectivity index (χ2v) is 4.64. The molecule has 0 saturated heterocycles. The number of hydrogen-bond acceptors (Lipinski definition) is 5. The summed E-state index contributed by atoms with van der Waals surface area (Å²) in [5.41, 5.74) is 1.90. The van der Waals surface area contributed by atoms with Crippen LogP contribution >= 0.6 is 0 Å². The second-order valence-electron chi connectivity index (χ2n) is 4.64. The Morgan fingerprint density at radius 3 is 1.41 bits per heavy atom. The van der Waals surface area contributed by atoms with E-state index in [0.29, 0.717) is 24.3 Å². The van der Waals surface area contributed by atoms with E-state index in [-0.39, 0.29) is 18.3 Å². The molecule has 0 atom stereocenters. The molecule has 0 saturated carbocycles. The monoisotopic (exact) mass is 304 g/mol. The van der Waals surface area contributed by atoms with Gasteiger partial charge < -0.3 is 10.2 Å². The molecule has 0 bridgehead atoms. The first kappa shape index (κ1) is 15.9.